The second-order valence-corrected chi connectivity index (χ2v) is 7.92. The molecule has 0 bridgehead atoms. The molecule has 33 heavy (non-hydrogen) atoms. The third-order valence-corrected chi connectivity index (χ3v) is 5.55. The summed E-state index contributed by atoms with van der Waals surface area (Å²) < 4.78 is 48.0. The molecule has 0 aliphatic carbocycles. The van der Waals surface area contributed by atoms with Gasteiger partial charge in [0.05, 0.1) is 22.8 Å². The molecule has 0 aliphatic heterocycles. The van der Waals surface area contributed by atoms with Gasteiger partial charge in [0, 0.05) is 10.9 Å². The van der Waals surface area contributed by atoms with Crippen LogP contribution in [0.25, 0.3) is 22.4 Å². The maximum atomic E-state index is 12.6. The topological polar surface area (TPSA) is 55.1 Å². The first-order valence-corrected chi connectivity index (χ1v) is 10.8. The molecular weight excluding hydrogens is 449 g/mol. The fraction of sp³-hybridized carbons (Fsp3) is 0.120. The summed E-state index contributed by atoms with van der Waals surface area (Å²) in [6.07, 6.45) is -4.78. The van der Waals surface area contributed by atoms with E-state index in [0.29, 0.717) is 22.6 Å². The highest BCUT2D eigenvalue weighted by molar-refractivity contribution is 7.07. The molecule has 4 nitrogen and oxygen atoms in total. The van der Waals surface area contributed by atoms with Crippen molar-refractivity contribution in [2.45, 2.75) is 19.9 Å². The van der Waals surface area contributed by atoms with E-state index in [1.165, 1.54) is 29.5 Å². The van der Waals surface area contributed by atoms with Crippen LogP contribution in [0.4, 0.5) is 13.2 Å². The third kappa shape index (κ3) is 5.51. The normalized spacial score (nSPS) is 11.1. The molecule has 1 heterocycles. The predicted octanol–water partition coefficient (Wildman–Crippen LogP) is 7.13. The van der Waals surface area contributed by atoms with Gasteiger partial charge in [0.2, 0.25) is 0 Å². The lowest BCUT2D eigenvalue weighted by Crippen LogP contribution is -2.17. The Kier molecular flexibility index (Phi) is 6.33. The Labute approximate surface area is 192 Å². The maximum absolute atomic E-state index is 12.6. The van der Waals surface area contributed by atoms with Gasteiger partial charge in [-0.05, 0) is 59.5 Å². The van der Waals surface area contributed by atoms with Crippen LogP contribution in [0.5, 0.6) is 11.5 Å². The SMILES string of the molecule is Cc1cc(-c2ccc(C#N)cc2)ccc1COc1ccc(OC(F)(F)F)cc1-c1cscn1. The van der Waals surface area contributed by atoms with Crippen LogP contribution in [0.3, 0.4) is 0 Å². The molecule has 1 aromatic heterocycles. The first kappa shape index (κ1) is 22.4. The molecule has 0 amide bonds. The monoisotopic (exact) mass is 466 g/mol. The number of thiazole rings is 1. The molecule has 3 aromatic carbocycles. The maximum Gasteiger partial charge on any atom is 0.573 e. The van der Waals surface area contributed by atoms with Crippen LogP contribution in [0, 0.1) is 18.3 Å². The van der Waals surface area contributed by atoms with Crippen molar-refractivity contribution in [1.29, 1.82) is 5.26 Å². The van der Waals surface area contributed by atoms with E-state index >= 15 is 0 Å². The van der Waals surface area contributed by atoms with Gasteiger partial charge in [0.15, 0.2) is 0 Å². The number of ether oxygens (including phenoxy) is 2. The van der Waals surface area contributed by atoms with Gasteiger partial charge in [-0.1, -0.05) is 30.3 Å². The van der Waals surface area contributed by atoms with Crippen LogP contribution in [0.2, 0.25) is 0 Å². The molecule has 0 aliphatic rings. The van der Waals surface area contributed by atoms with Gasteiger partial charge in [-0.15, -0.1) is 24.5 Å². The number of benzene rings is 3. The summed E-state index contributed by atoms with van der Waals surface area (Å²) in [4.78, 5) is 4.20. The average Bonchev–Trinajstić information content (AvgIpc) is 3.33. The first-order valence-electron chi connectivity index (χ1n) is 9.83. The van der Waals surface area contributed by atoms with Crippen LogP contribution < -0.4 is 9.47 Å². The smallest absolute Gasteiger partial charge is 0.488 e. The molecule has 0 fully saturated rings. The predicted molar refractivity (Wildman–Crippen MR) is 120 cm³/mol. The third-order valence-electron chi connectivity index (χ3n) is 4.97. The standard InChI is InChI=1S/C25H17F3N2O2S/c1-16-10-19(18-4-2-17(12-29)3-5-18)6-7-20(16)13-31-24-9-8-21(32-25(26,27)28)11-22(24)23-14-33-15-30-23/h2-11,14-15H,13H2,1H3. The number of rotatable bonds is 6. The van der Waals surface area contributed by atoms with E-state index in [4.69, 9.17) is 10.00 Å². The van der Waals surface area contributed by atoms with Crippen LogP contribution >= 0.6 is 11.3 Å². The Bertz CT molecular complexity index is 1290. The largest absolute Gasteiger partial charge is 0.573 e. The number of alkyl halides is 3. The van der Waals surface area contributed by atoms with Crippen molar-refractivity contribution in [3.63, 3.8) is 0 Å². The summed E-state index contributed by atoms with van der Waals surface area (Å²) in [5.74, 6) is 0.0757. The number of hydrogen-bond donors (Lipinski definition) is 0. The molecule has 8 heteroatoms. The van der Waals surface area contributed by atoms with Crippen molar-refractivity contribution >= 4 is 11.3 Å². The first-order chi connectivity index (χ1) is 15.8. The molecule has 0 saturated heterocycles. The minimum atomic E-state index is -4.78. The molecular formula is C25H17F3N2O2S. The van der Waals surface area contributed by atoms with Crippen LogP contribution in [0.1, 0.15) is 16.7 Å². The van der Waals surface area contributed by atoms with Gasteiger partial charge in [-0.2, -0.15) is 5.26 Å². The Morgan fingerprint density at radius 3 is 2.39 bits per heavy atom. The van der Waals surface area contributed by atoms with E-state index in [1.807, 2.05) is 37.3 Å². The highest BCUT2D eigenvalue weighted by atomic mass is 32.1. The lowest BCUT2D eigenvalue weighted by atomic mass is 9.99. The lowest BCUT2D eigenvalue weighted by Gasteiger charge is -2.15. The number of nitrogens with zero attached hydrogens (tertiary/aromatic N) is 2. The Morgan fingerprint density at radius 2 is 1.76 bits per heavy atom. The highest BCUT2D eigenvalue weighted by Crippen LogP contribution is 2.36. The van der Waals surface area contributed by atoms with Crippen molar-refractivity contribution in [3.05, 3.63) is 88.2 Å². The zero-order valence-corrected chi connectivity index (χ0v) is 18.2. The number of aromatic nitrogens is 1. The van der Waals surface area contributed by atoms with Crippen molar-refractivity contribution in [1.82, 2.24) is 4.98 Å². The van der Waals surface area contributed by atoms with Crippen molar-refractivity contribution < 1.29 is 22.6 Å². The van der Waals surface area contributed by atoms with Gasteiger partial charge >= 0.3 is 6.36 Å². The molecule has 0 spiro atoms. The van der Waals surface area contributed by atoms with Crippen LogP contribution in [0.15, 0.2) is 71.6 Å². The van der Waals surface area contributed by atoms with Gasteiger partial charge < -0.3 is 9.47 Å². The number of aryl methyl sites for hydroxylation is 1. The number of nitriles is 1. The summed E-state index contributed by atoms with van der Waals surface area (Å²) in [6, 6.07) is 19.3. The van der Waals surface area contributed by atoms with E-state index in [0.717, 1.165) is 22.3 Å². The van der Waals surface area contributed by atoms with Gasteiger partial charge in [-0.3, -0.25) is 0 Å². The van der Waals surface area contributed by atoms with Crippen molar-refractivity contribution in [2.24, 2.45) is 0 Å². The second-order valence-electron chi connectivity index (χ2n) is 7.20. The fourth-order valence-electron chi connectivity index (χ4n) is 3.31. The van der Waals surface area contributed by atoms with Gasteiger partial charge in [0.25, 0.3) is 0 Å². The molecule has 4 aromatic rings. The zero-order valence-electron chi connectivity index (χ0n) is 17.4. The van der Waals surface area contributed by atoms with E-state index in [2.05, 4.69) is 15.8 Å². The molecule has 0 radical (unpaired) electrons. The molecule has 166 valence electrons. The Hall–Kier alpha value is -3.83. The van der Waals surface area contributed by atoms with Crippen molar-refractivity contribution in [2.75, 3.05) is 0 Å². The average molecular weight is 466 g/mol. The van der Waals surface area contributed by atoms with Crippen LogP contribution in [-0.2, 0) is 6.61 Å². The second kappa shape index (κ2) is 9.35. The van der Waals surface area contributed by atoms with E-state index in [-0.39, 0.29) is 12.4 Å². The summed E-state index contributed by atoms with van der Waals surface area (Å²) in [7, 11) is 0. The zero-order chi connectivity index (χ0) is 23.4. The quantitative estimate of drug-likeness (QED) is 0.303. The van der Waals surface area contributed by atoms with Gasteiger partial charge in [-0.25, -0.2) is 4.98 Å². The minimum absolute atomic E-state index is 0.232. The van der Waals surface area contributed by atoms with Gasteiger partial charge in [0.1, 0.15) is 18.1 Å². The molecule has 0 unspecified atom stereocenters. The van der Waals surface area contributed by atoms with Crippen LogP contribution in [-0.4, -0.2) is 11.3 Å². The Balaban J connectivity index is 1.55. The van der Waals surface area contributed by atoms with E-state index < -0.39 is 6.36 Å². The Morgan fingerprint density at radius 1 is 1.00 bits per heavy atom. The van der Waals surface area contributed by atoms with E-state index in [9.17, 15) is 13.2 Å². The van der Waals surface area contributed by atoms with E-state index in [1.54, 1.807) is 23.0 Å². The molecule has 0 atom stereocenters. The summed E-state index contributed by atoms with van der Waals surface area (Å²) in [6.45, 7) is 2.20. The molecule has 4 rings (SSSR count). The highest BCUT2D eigenvalue weighted by Gasteiger charge is 2.31. The molecule has 0 saturated carbocycles. The fourth-order valence-corrected chi connectivity index (χ4v) is 3.86. The number of hydrogen-bond acceptors (Lipinski definition) is 5. The summed E-state index contributed by atoms with van der Waals surface area (Å²) >= 11 is 1.33. The summed E-state index contributed by atoms with van der Waals surface area (Å²) in [5, 5.41) is 10.7. The molecule has 0 N–H and O–H groups in total. The van der Waals surface area contributed by atoms with Crippen molar-refractivity contribution in [3.8, 4) is 40.0 Å². The minimum Gasteiger partial charge on any atom is -0.488 e. The number of halogens is 3. The lowest BCUT2D eigenvalue weighted by molar-refractivity contribution is -0.274. The summed E-state index contributed by atoms with van der Waals surface area (Å²) in [5.41, 5.74) is 7.08.